The van der Waals surface area contributed by atoms with E-state index in [0.29, 0.717) is 63.8 Å². The van der Waals surface area contributed by atoms with Crippen LogP contribution in [0.3, 0.4) is 0 Å². The average molecular weight is 699 g/mol. The Kier molecular flexibility index (Phi) is 10.5. The van der Waals surface area contributed by atoms with E-state index < -0.39 is 29.5 Å². The SMILES string of the molecule is CC(=O)N[C@H]1CCN(C(O[C@H]2CC[C@H](C(=O)O)CC2)(C(=O)Cc2cc(Cl)c(NC(=O)c3csc4ccccc34)cc2F)N2CCCC2)C1. The van der Waals surface area contributed by atoms with Crippen molar-refractivity contribution in [1.29, 1.82) is 0 Å². The van der Waals surface area contributed by atoms with Gasteiger partial charge in [-0.1, -0.05) is 29.8 Å². The van der Waals surface area contributed by atoms with E-state index in [-0.39, 0.29) is 46.5 Å². The molecule has 48 heavy (non-hydrogen) atoms. The molecule has 6 rings (SSSR count). The zero-order valence-electron chi connectivity index (χ0n) is 26.8. The van der Waals surface area contributed by atoms with Crippen molar-refractivity contribution in [3.05, 3.63) is 63.7 Å². The molecule has 1 aliphatic carbocycles. The molecule has 0 spiro atoms. The van der Waals surface area contributed by atoms with E-state index in [1.54, 1.807) is 5.38 Å². The number of hydrogen-bond acceptors (Lipinski definition) is 8. The zero-order valence-corrected chi connectivity index (χ0v) is 28.4. The molecule has 0 bridgehead atoms. The van der Waals surface area contributed by atoms with Gasteiger partial charge in [0.15, 0.2) is 5.78 Å². The van der Waals surface area contributed by atoms with Crippen LogP contribution in [0.25, 0.3) is 10.1 Å². The van der Waals surface area contributed by atoms with Crippen LogP contribution in [0.1, 0.15) is 67.8 Å². The first-order chi connectivity index (χ1) is 23.0. The van der Waals surface area contributed by atoms with Crippen LogP contribution in [0.5, 0.6) is 0 Å². The molecule has 2 aromatic carbocycles. The van der Waals surface area contributed by atoms with Crippen molar-refractivity contribution in [1.82, 2.24) is 15.1 Å². The molecule has 2 saturated heterocycles. The number of ketones is 1. The van der Waals surface area contributed by atoms with E-state index in [9.17, 15) is 24.3 Å². The number of thiophene rings is 1. The van der Waals surface area contributed by atoms with Gasteiger partial charge in [0.2, 0.25) is 11.8 Å². The topological polar surface area (TPSA) is 128 Å². The van der Waals surface area contributed by atoms with Gasteiger partial charge in [0.25, 0.3) is 5.91 Å². The first-order valence-electron chi connectivity index (χ1n) is 16.5. The standard InChI is InChI=1S/C35H40ClFN4O6S/c1-21(42)38-24-12-15-41(19-24)35(40-13-4-5-14-40,47-25-10-8-22(9-11-25)34(45)46)32(43)17-23-16-28(36)30(18-29(23)37)39-33(44)27-20-48-31-7-3-2-6-26(27)31/h2-3,6-7,16,18,20,22,24-25H,4-5,8-15,17,19H2,1H3,(H,38,42)(H,39,44)(H,45,46)/t22-,24-,25-,35?/m0/s1. The number of Topliss-reactive ketones (excluding diaryl/α,β-unsaturated/α-hetero) is 1. The number of carboxylic acids is 1. The zero-order chi connectivity index (χ0) is 34.0. The third-order valence-electron chi connectivity index (χ3n) is 9.74. The quantitative estimate of drug-likeness (QED) is 0.234. The van der Waals surface area contributed by atoms with Crippen molar-refractivity contribution < 1.29 is 33.4 Å². The number of carbonyl (C=O) groups excluding carboxylic acids is 3. The minimum absolute atomic E-state index is 0.0725. The third kappa shape index (κ3) is 7.13. The van der Waals surface area contributed by atoms with Gasteiger partial charge < -0.3 is 20.5 Å². The highest BCUT2D eigenvalue weighted by Gasteiger charge is 2.54. The van der Waals surface area contributed by atoms with E-state index >= 15 is 4.39 Å². The van der Waals surface area contributed by atoms with Crippen molar-refractivity contribution >= 4 is 62.3 Å². The third-order valence-corrected chi connectivity index (χ3v) is 11.0. The van der Waals surface area contributed by atoms with Gasteiger partial charge in [-0.2, -0.15) is 0 Å². The minimum Gasteiger partial charge on any atom is -0.481 e. The van der Waals surface area contributed by atoms with Gasteiger partial charge in [0.05, 0.1) is 28.3 Å². The van der Waals surface area contributed by atoms with Crippen molar-refractivity contribution in [2.75, 3.05) is 31.5 Å². The number of likely N-dealkylation sites (tertiary alicyclic amines) is 2. The average Bonchev–Trinajstić information content (AvgIpc) is 3.84. The van der Waals surface area contributed by atoms with E-state index in [2.05, 4.69) is 10.6 Å². The fourth-order valence-electron chi connectivity index (χ4n) is 7.34. The molecule has 3 aromatic rings. The maximum Gasteiger partial charge on any atom is 0.306 e. The predicted molar refractivity (Wildman–Crippen MR) is 182 cm³/mol. The minimum atomic E-state index is -1.53. The molecule has 3 fully saturated rings. The summed E-state index contributed by atoms with van der Waals surface area (Å²) in [4.78, 5) is 55.4. The fraction of sp³-hybridized carbons (Fsp3) is 0.486. The molecular formula is C35H40ClFN4O6S. The number of halogens is 2. The normalized spacial score (nSPS) is 23.2. The molecule has 13 heteroatoms. The Labute approximate surface area is 287 Å². The highest BCUT2D eigenvalue weighted by Crippen LogP contribution is 2.38. The van der Waals surface area contributed by atoms with E-state index in [4.69, 9.17) is 16.3 Å². The number of fused-ring (bicyclic) bond motifs is 1. The number of carbonyl (C=O) groups is 4. The Morgan fingerprint density at radius 3 is 2.48 bits per heavy atom. The second-order valence-corrected chi connectivity index (χ2v) is 14.3. The van der Waals surface area contributed by atoms with Gasteiger partial charge in [0, 0.05) is 61.0 Å². The summed E-state index contributed by atoms with van der Waals surface area (Å²) in [5, 5.41) is 17.9. The van der Waals surface area contributed by atoms with Crippen LogP contribution >= 0.6 is 22.9 Å². The lowest BCUT2D eigenvalue weighted by atomic mass is 9.87. The van der Waals surface area contributed by atoms with Crippen LogP contribution in [-0.2, 0) is 25.5 Å². The Morgan fingerprint density at radius 2 is 1.77 bits per heavy atom. The van der Waals surface area contributed by atoms with Crippen LogP contribution in [0.2, 0.25) is 5.02 Å². The molecule has 3 aliphatic rings. The number of amides is 2. The van der Waals surface area contributed by atoms with Gasteiger partial charge in [-0.3, -0.25) is 29.0 Å². The van der Waals surface area contributed by atoms with Crippen LogP contribution in [0, 0.1) is 11.7 Å². The van der Waals surface area contributed by atoms with Crippen LogP contribution in [0.15, 0.2) is 41.8 Å². The van der Waals surface area contributed by atoms with Crippen LogP contribution < -0.4 is 10.6 Å². The number of ether oxygens (including phenoxy) is 1. The van der Waals surface area contributed by atoms with E-state index in [1.807, 2.05) is 34.1 Å². The van der Waals surface area contributed by atoms with Crippen molar-refractivity contribution in [3.8, 4) is 0 Å². The molecule has 2 aliphatic heterocycles. The maximum atomic E-state index is 15.8. The Hall–Kier alpha value is -3.42. The number of nitrogens with one attached hydrogen (secondary N) is 2. The summed E-state index contributed by atoms with van der Waals surface area (Å²) >= 11 is 8.05. The summed E-state index contributed by atoms with van der Waals surface area (Å²) in [6.45, 7) is 3.51. The van der Waals surface area contributed by atoms with Gasteiger partial charge >= 0.3 is 5.97 Å². The number of benzene rings is 2. The van der Waals surface area contributed by atoms with E-state index in [1.165, 1.54) is 24.3 Å². The first kappa shape index (κ1) is 34.4. The molecule has 2 atom stereocenters. The summed E-state index contributed by atoms with van der Waals surface area (Å²) in [5.74, 6) is -4.44. The maximum absolute atomic E-state index is 15.8. The highest BCUT2D eigenvalue weighted by molar-refractivity contribution is 7.17. The largest absolute Gasteiger partial charge is 0.481 e. The van der Waals surface area contributed by atoms with Crippen molar-refractivity contribution in [2.45, 2.75) is 76.3 Å². The summed E-state index contributed by atoms with van der Waals surface area (Å²) in [5.41, 5.74) is 0.628. The van der Waals surface area contributed by atoms with Crippen LogP contribution in [0.4, 0.5) is 10.1 Å². The number of anilines is 1. The van der Waals surface area contributed by atoms with Gasteiger partial charge in [0.1, 0.15) is 5.82 Å². The van der Waals surface area contributed by atoms with Crippen molar-refractivity contribution in [2.24, 2.45) is 5.92 Å². The number of hydrogen-bond donors (Lipinski definition) is 3. The molecule has 2 amide bonds. The molecule has 1 unspecified atom stereocenters. The highest BCUT2D eigenvalue weighted by atomic mass is 35.5. The molecule has 3 N–H and O–H groups in total. The second kappa shape index (κ2) is 14.6. The van der Waals surface area contributed by atoms with E-state index in [0.717, 1.165) is 29.0 Å². The number of carboxylic acid groups (broad SMARTS) is 1. The summed E-state index contributed by atoms with van der Waals surface area (Å²) < 4.78 is 23.7. The van der Waals surface area contributed by atoms with Gasteiger partial charge in [-0.15, -0.1) is 11.3 Å². The second-order valence-electron chi connectivity index (χ2n) is 13.0. The Bertz CT molecular complexity index is 1710. The first-order valence-corrected chi connectivity index (χ1v) is 17.8. The Morgan fingerprint density at radius 1 is 1.04 bits per heavy atom. The van der Waals surface area contributed by atoms with Gasteiger partial charge in [-0.25, -0.2) is 4.39 Å². The monoisotopic (exact) mass is 698 g/mol. The van der Waals surface area contributed by atoms with Gasteiger partial charge in [-0.05, 0) is 68.7 Å². The lowest BCUT2D eigenvalue weighted by Crippen LogP contribution is -2.67. The molecule has 256 valence electrons. The summed E-state index contributed by atoms with van der Waals surface area (Å²) in [7, 11) is 0. The fourth-order valence-corrected chi connectivity index (χ4v) is 8.51. The van der Waals surface area contributed by atoms with Crippen LogP contribution in [-0.4, -0.2) is 82.6 Å². The van der Waals surface area contributed by atoms with Crippen molar-refractivity contribution in [3.63, 3.8) is 0 Å². The lowest BCUT2D eigenvalue weighted by Gasteiger charge is -2.48. The summed E-state index contributed by atoms with van der Waals surface area (Å²) in [6.07, 6.45) is 3.50. The number of aliphatic carboxylic acids is 1. The smallest absolute Gasteiger partial charge is 0.306 e. The molecule has 10 nitrogen and oxygen atoms in total. The number of rotatable bonds is 11. The molecule has 0 radical (unpaired) electrons. The predicted octanol–water partition coefficient (Wildman–Crippen LogP) is 5.68. The molecule has 1 aromatic heterocycles. The molecular weight excluding hydrogens is 659 g/mol. The molecule has 3 heterocycles. The molecule has 1 saturated carbocycles. The number of nitrogens with zero attached hydrogens (tertiary/aromatic N) is 2. The lowest BCUT2D eigenvalue weighted by molar-refractivity contribution is -0.252. The summed E-state index contributed by atoms with van der Waals surface area (Å²) in [6, 6.07) is 9.86. The Balaban J connectivity index is 1.28.